The molecule has 2 aromatic carbocycles. The Morgan fingerprint density at radius 1 is 1.16 bits per heavy atom. The summed E-state index contributed by atoms with van der Waals surface area (Å²) in [5.41, 5.74) is 14.3. The fraction of sp³-hybridized carbons (Fsp3) is 0.333. The van der Waals surface area contributed by atoms with Gasteiger partial charge in [0, 0.05) is 22.7 Å². The lowest BCUT2D eigenvalue weighted by atomic mass is 9.95. The van der Waals surface area contributed by atoms with Gasteiger partial charge in [0.25, 0.3) is 5.91 Å². The van der Waals surface area contributed by atoms with E-state index in [4.69, 9.17) is 23.1 Å². The first-order chi connectivity index (χ1) is 18.3. The second kappa shape index (κ2) is 13.2. The summed E-state index contributed by atoms with van der Waals surface area (Å²) in [7, 11) is 0. The number of hydrogen-bond donors (Lipinski definition) is 4. The van der Waals surface area contributed by atoms with Crippen LogP contribution in [0.3, 0.4) is 0 Å². The number of aromatic nitrogens is 2. The molecule has 6 N–H and O–H groups in total. The zero-order chi connectivity index (χ0) is 27.1. The van der Waals surface area contributed by atoms with Crippen LogP contribution in [0.1, 0.15) is 47.4 Å². The maximum atomic E-state index is 12.7. The van der Waals surface area contributed by atoms with Crippen molar-refractivity contribution < 1.29 is 4.79 Å². The van der Waals surface area contributed by atoms with Crippen molar-refractivity contribution in [2.24, 2.45) is 16.6 Å². The molecule has 3 aromatic rings. The van der Waals surface area contributed by atoms with Crippen LogP contribution in [0.5, 0.6) is 0 Å². The number of hydrogen-bond acceptors (Lipinski definition) is 7. The monoisotopic (exact) mass is 646 g/mol. The van der Waals surface area contributed by atoms with Gasteiger partial charge in [-0.05, 0) is 84.6 Å². The van der Waals surface area contributed by atoms with E-state index in [1.165, 1.54) is 5.56 Å². The summed E-state index contributed by atoms with van der Waals surface area (Å²) >= 11 is 8.52. The number of guanidine groups is 1. The minimum Gasteiger partial charge on any atom is -0.382 e. The number of carbonyl (C=O) groups is 1. The topological polar surface area (TPSA) is 135 Å². The third-order valence-electron chi connectivity index (χ3n) is 6.71. The van der Waals surface area contributed by atoms with E-state index in [9.17, 15) is 4.79 Å². The Bertz CT molecular complexity index is 1260. The van der Waals surface area contributed by atoms with Gasteiger partial charge in [0.15, 0.2) is 28.4 Å². The van der Waals surface area contributed by atoms with Gasteiger partial charge in [-0.1, -0.05) is 54.1 Å². The van der Waals surface area contributed by atoms with Crippen molar-refractivity contribution in [3.63, 3.8) is 0 Å². The number of anilines is 2. The Hall–Kier alpha value is -2.96. The molecular weight excluding hydrogens is 615 g/mol. The molecule has 0 radical (unpaired) electrons. The van der Waals surface area contributed by atoms with Gasteiger partial charge in [0.1, 0.15) is 0 Å². The Morgan fingerprint density at radius 3 is 2.53 bits per heavy atom. The van der Waals surface area contributed by atoms with E-state index >= 15 is 0 Å². The number of carbonyl (C=O) groups excluding carboxylic acids is 1. The number of nitrogens with two attached hydrogens (primary N) is 2. The fourth-order valence-corrected chi connectivity index (χ4v) is 4.96. The molecule has 0 bridgehead atoms. The summed E-state index contributed by atoms with van der Waals surface area (Å²) < 4.78 is 1.14. The van der Waals surface area contributed by atoms with Crippen LogP contribution in [0.2, 0.25) is 5.15 Å². The summed E-state index contributed by atoms with van der Waals surface area (Å²) in [4.78, 5) is 28.0. The number of likely N-dealkylation sites (tertiary alicyclic amines) is 1. The lowest BCUT2D eigenvalue weighted by molar-refractivity contribution is 0.0972. The number of nitrogens with zero attached hydrogens (tertiary/aromatic N) is 4. The lowest BCUT2D eigenvalue weighted by Crippen LogP contribution is -2.39. The maximum Gasteiger partial charge on any atom is 0.280 e. The van der Waals surface area contributed by atoms with Crippen LogP contribution in [0, 0.1) is 9.49 Å². The zero-order valence-corrected chi connectivity index (χ0v) is 24.1. The highest BCUT2D eigenvalue weighted by Crippen LogP contribution is 2.26. The van der Waals surface area contributed by atoms with Gasteiger partial charge < -0.3 is 16.8 Å². The summed E-state index contributed by atoms with van der Waals surface area (Å²) in [5.74, 6) is 0.0723. The number of aliphatic imine (C=N–C) groups is 1. The fourth-order valence-electron chi connectivity index (χ4n) is 4.40. The van der Waals surface area contributed by atoms with E-state index in [-0.39, 0.29) is 22.6 Å². The molecule has 1 atom stereocenters. The summed E-state index contributed by atoms with van der Waals surface area (Å²) in [6, 6.07) is 18.9. The first-order valence-corrected chi connectivity index (χ1v) is 14.0. The van der Waals surface area contributed by atoms with Gasteiger partial charge in [-0.2, -0.15) is 0 Å². The molecular formula is C27H32ClIN8O. The Balaban J connectivity index is 1.27. The first kappa shape index (κ1) is 28.1. The van der Waals surface area contributed by atoms with Gasteiger partial charge >= 0.3 is 0 Å². The highest BCUT2D eigenvalue weighted by Gasteiger charge is 2.24. The van der Waals surface area contributed by atoms with Crippen molar-refractivity contribution in [1.29, 1.82) is 0 Å². The molecule has 1 aromatic heterocycles. The minimum absolute atomic E-state index is 0.0216. The van der Waals surface area contributed by atoms with Crippen LogP contribution in [0.15, 0.2) is 59.6 Å². The van der Waals surface area contributed by atoms with Crippen molar-refractivity contribution in [2.45, 2.75) is 32.4 Å². The minimum atomic E-state index is -0.603. The lowest BCUT2D eigenvalue weighted by Gasteiger charge is -2.35. The molecule has 1 fully saturated rings. The molecule has 1 saturated heterocycles. The number of piperidine rings is 1. The van der Waals surface area contributed by atoms with E-state index in [1.807, 2.05) is 30.3 Å². The number of nitrogen functional groups attached to an aromatic ring is 1. The molecule has 0 aliphatic carbocycles. The molecule has 1 aliphatic rings. The largest absolute Gasteiger partial charge is 0.382 e. The van der Waals surface area contributed by atoms with Crippen molar-refractivity contribution in [1.82, 2.24) is 20.2 Å². The standard InChI is InChI=1S/C27H32ClIN8O/c1-17(20-5-3-2-4-6-20)37-13-11-19(12-14-37)16-33-27(31)36-26(38)22-24(30)35-25(23(28)34-22)32-15-18-7-9-21(29)10-8-18/h2-10,17,19H,11-16H2,1H3,(H3,30,32,35)(H3,31,33,36,38). The predicted molar refractivity (Wildman–Crippen MR) is 161 cm³/mol. The molecule has 9 nitrogen and oxygen atoms in total. The number of amides is 1. The highest BCUT2D eigenvalue weighted by atomic mass is 127. The molecule has 200 valence electrons. The zero-order valence-electron chi connectivity index (χ0n) is 21.2. The number of halogens is 2. The number of benzene rings is 2. The molecule has 11 heteroatoms. The van der Waals surface area contributed by atoms with Crippen molar-refractivity contribution >= 4 is 57.7 Å². The highest BCUT2D eigenvalue weighted by molar-refractivity contribution is 14.1. The first-order valence-electron chi connectivity index (χ1n) is 12.5. The smallest absolute Gasteiger partial charge is 0.280 e. The van der Waals surface area contributed by atoms with Crippen LogP contribution in [0.4, 0.5) is 11.6 Å². The van der Waals surface area contributed by atoms with Crippen LogP contribution in [-0.2, 0) is 6.54 Å². The third kappa shape index (κ3) is 7.55. The van der Waals surface area contributed by atoms with Crippen LogP contribution in [0.25, 0.3) is 0 Å². The third-order valence-corrected chi connectivity index (χ3v) is 7.69. The van der Waals surface area contributed by atoms with Crippen molar-refractivity contribution in [3.05, 3.63) is 80.1 Å². The molecule has 4 rings (SSSR count). The maximum absolute atomic E-state index is 12.7. The Morgan fingerprint density at radius 2 is 1.84 bits per heavy atom. The number of nitrogens with one attached hydrogen (secondary N) is 2. The quantitative estimate of drug-likeness (QED) is 0.161. The van der Waals surface area contributed by atoms with E-state index in [0.29, 0.717) is 30.9 Å². The average molecular weight is 647 g/mol. The summed E-state index contributed by atoms with van der Waals surface area (Å²) in [6.07, 6.45) is 2.04. The van der Waals surface area contributed by atoms with E-state index < -0.39 is 5.91 Å². The second-order valence-corrected chi connectivity index (χ2v) is 10.9. The second-order valence-electron chi connectivity index (χ2n) is 9.32. The van der Waals surface area contributed by atoms with Crippen LogP contribution >= 0.6 is 34.2 Å². The summed E-state index contributed by atoms with van der Waals surface area (Å²) in [5, 5.41) is 5.70. The molecule has 38 heavy (non-hydrogen) atoms. The van der Waals surface area contributed by atoms with Crippen molar-refractivity contribution in [3.8, 4) is 0 Å². The number of rotatable bonds is 8. The Labute approximate surface area is 241 Å². The van der Waals surface area contributed by atoms with E-state index in [1.54, 1.807) is 0 Å². The summed E-state index contributed by atoms with van der Waals surface area (Å²) in [6.45, 7) is 5.27. The van der Waals surface area contributed by atoms with Crippen molar-refractivity contribution in [2.75, 3.05) is 30.7 Å². The van der Waals surface area contributed by atoms with Gasteiger partial charge in [-0.3, -0.25) is 20.0 Å². The van der Waals surface area contributed by atoms with Crippen LogP contribution in [-0.4, -0.2) is 46.4 Å². The predicted octanol–water partition coefficient (Wildman–Crippen LogP) is 4.45. The molecule has 1 amide bonds. The molecule has 2 heterocycles. The van der Waals surface area contributed by atoms with Crippen LogP contribution < -0.4 is 22.1 Å². The molecule has 1 aliphatic heterocycles. The molecule has 1 unspecified atom stereocenters. The molecule has 0 spiro atoms. The van der Waals surface area contributed by atoms with E-state index in [2.05, 4.69) is 84.3 Å². The van der Waals surface area contributed by atoms with Gasteiger partial charge in [0.2, 0.25) is 0 Å². The SMILES string of the molecule is CC(c1ccccc1)N1CCC(CN=C(N)NC(=O)c2nc(Cl)c(NCc3ccc(I)cc3)nc2N)CC1. The van der Waals surface area contributed by atoms with Gasteiger partial charge in [-0.25, -0.2) is 9.97 Å². The van der Waals surface area contributed by atoms with Gasteiger partial charge in [-0.15, -0.1) is 0 Å². The molecule has 0 saturated carbocycles. The Kier molecular flexibility index (Phi) is 9.75. The average Bonchev–Trinajstić information content (AvgIpc) is 2.93. The van der Waals surface area contributed by atoms with Gasteiger partial charge in [0.05, 0.1) is 0 Å². The van der Waals surface area contributed by atoms with E-state index in [0.717, 1.165) is 35.1 Å². The normalized spacial score (nSPS) is 15.7.